The number of nitrogens with two attached hydrogens (primary N) is 1. The lowest BCUT2D eigenvalue weighted by Crippen LogP contribution is -2.29. The zero-order chi connectivity index (χ0) is 19.3. The molecule has 0 saturated carbocycles. The number of halogens is 1. The number of amides is 1. The van der Waals surface area contributed by atoms with Gasteiger partial charge in [0, 0.05) is 24.1 Å². The Balaban J connectivity index is 1.91. The van der Waals surface area contributed by atoms with Crippen molar-refractivity contribution in [2.24, 2.45) is 5.14 Å². The fourth-order valence-electron chi connectivity index (χ4n) is 2.34. The average Bonchev–Trinajstić information content (AvgIpc) is 2.61. The third-order valence-electron chi connectivity index (χ3n) is 4.06. The van der Waals surface area contributed by atoms with Crippen LogP contribution in [0.2, 0.25) is 0 Å². The van der Waals surface area contributed by atoms with Gasteiger partial charge in [-0.1, -0.05) is 12.1 Å². The van der Waals surface area contributed by atoms with Gasteiger partial charge in [0.1, 0.15) is 5.82 Å². The number of hydrogen-bond donors (Lipinski definition) is 1. The molecular formula is C18H21FN2O3S2. The minimum Gasteiger partial charge on any atom is -0.339 e. The van der Waals surface area contributed by atoms with Crippen molar-refractivity contribution in [2.75, 3.05) is 12.8 Å². The fraction of sp³-hybridized carbons (Fsp3) is 0.278. The molecule has 2 rings (SSSR count). The SMILES string of the molecule is CC(c1ccc(S(N)(=O)=O)cc1)N(C)C(=O)CCSc1ccc(F)cc1. The van der Waals surface area contributed by atoms with Gasteiger partial charge in [0.2, 0.25) is 15.9 Å². The van der Waals surface area contributed by atoms with Crippen LogP contribution in [0.4, 0.5) is 4.39 Å². The van der Waals surface area contributed by atoms with E-state index in [1.807, 2.05) is 6.92 Å². The average molecular weight is 397 g/mol. The Labute approximate surface area is 157 Å². The number of nitrogens with zero attached hydrogens (tertiary/aromatic N) is 1. The number of primary sulfonamides is 1. The molecule has 26 heavy (non-hydrogen) atoms. The van der Waals surface area contributed by atoms with Gasteiger partial charge in [0.25, 0.3) is 0 Å². The fourth-order valence-corrected chi connectivity index (χ4v) is 3.70. The number of carbonyl (C=O) groups is 1. The molecule has 0 aliphatic rings. The van der Waals surface area contributed by atoms with Crippen molar-refractivity contribution in [1.29, 1.82) is 0 Å². The molecule has 0 radical (unpaired) electrons. The van der Waals surface area contributed by atoms with E-state index in [0.29, 0.717) is 12.2 Å². The Morgan fingerprint density at radius 3 is 2.27 bits per heavy atom. The third kappa shape index (κ3) is 5.55. The molecule has 0 fully saturated rings. The van der Waals surface area contributed by atoms with E-state index in [1.54, 1.807) is 36.2 Å². The molecule has 0 bridgehead atoms. The molecule has 2 aromatic carbocycles. The molecule has 0 aliphatic carbocycles. The summed E-state index contributed by atoms with van der Waals surface area (Å²) in [5.74, 6) is 0.279. The van der Waals surface area contributed by atoms with E-state index in [-0.39, 0.29) is 22.7 Å². The van der Waals surface area contributed by atoms with Crippen molar-refractivity contribution in [3.05, 3.63) is 59.9 Å². The molecule has 5 nitrogen and oxygen atoms in total. The number of hydrogen-bond acceptors (Lipinski definition) is 4. The molecular weight excluding hydrogens is 375 g/mol. The molecule has 0 aromatic heterocycles. The summed E-state index contributed by atoms with van der Waals surface area (Å²) in [6.45, 7) is 1.87. The quantitative estimate of drug-likeness (QED) is 0.729. The highest BCUT2D eigenvalue weighted by Gasteiger charge is 2.18. The van der Waals surface area contributed by atoms with E-state index in [1.165, 1.54) is 36.0 Å². The Bertz CT molecular complexity index is 853. The summed E-state index contributed by atoms with van der Waals surface area (Å²) in [5, 5.41) is 5.09. The lowest BCUT2D eigenvalue weighted by molar-refractivity contribution is -0.131. The highest BCUT2D eigenvalue weighted by atomic mass is 32.2. The van der Waals surface area contributed by atoms with Crippen molar-refractivity contribution in [3.8, 4) is 0 Å². The maximum absolute atomic E-state index is 12.9. The van der Waals surface area contributed by atoms with Crippen LogP contribution in [0.25, 0.3) is 0 Å². The zero-order valence-corrected chi connectivity index (χ0v) is 16.2. The number of thioether (sulfide) groups is 1. The highest BCUT2D eigenvalue weighted by Crippen LogP contribution is 2.23. The summed E-state index contributed by atoms with van der Waals surface area (Å²) >= 11 is 1.49. The Kier molecular flexibility index (Phi) is 6.80. The molecule has 1 amide bonds. The minimum atomic E-state index is -3.73. The number of rotatable bonds is 7. The second kappa shape index (κ2) is 8.66. The summed E-state index contributed by atoms with van der Waals surface area (Å²) in [6.07, 6.45) is 0.345. The Morgan fingerprint density at radius 2 is 1.73 bits per heavy atom. The van der Waals surface area contributed by atoms with Crippen molar-refractivity contribution in [3.63, 3.8) is 0 Å². The standard InChI is InChI=1S/C18H21FN2O3S2/c1-13(14-3-9-17(10-4-14)26(20,23)24)21(2)18(22)11-12-25-16-7-5-15(19)6-8-16/h3-10,13H,11-12H2,1-2H3,(H2,20,23,24). The van der Waals surface area contributed by atoms with Crippen LogP contribution < -0.4 is 5.14 Å². The molecule has 2 aromatic rings. The highest BCUT2D eigenvalue weighted by molar-refractivity contribution is 7.99. The predicted octanol–water partition coefficient (Wildman–Crippen LogP) is 3.17. The maximum atomic E-state index is 12.9. The van der Waals surface area contributed by atoms with Gasteiger partial charge in [-0.25, -0.2) is 17.9 Å². The van der Waals surface area contributed by atoms with Gasteiger partial charge in [-0.3, -0.25) is 4.79 Å². The molecule has 2 N–H and O–H groups in total. The molecule has 0 saturated heterocycles. The summed E-state index contributed by atoms with van der Waals surface area (Å²) < 4.78 is 35.5. The summed E-state index contributed by atoms with van der Waals surface area (Å²) in [5.41, 5.74) is 0.819. The molecule has 0 heterocycles. The van der Waals surface area contributed by atoms with Crippen LogP contribution >= 0.6 is 11.8 Å². The van der Waals surface area contributed by atoms with Crippen LogP contribution in [0, 0.1) is 5.82 Å². The molecule has 1 atom stereocenters. The first kappa shape index (κ1) is 20.4. The van der Waals surface area contributed by atoms with Gasteiger partial charge < -0.3 is 4.90 Å². The van der Waals surface area contributed by atoms with E-state index < -0.39 is 10.0 Å². The number of sulfonamides is 1. The van der Waals surface area contributed by atoms with Gasteiger partial charge >= 0.3 is 0 Å². The van der Waals surface area contributed by atoms with Crippen LogP contribution in [-0.2, 0) is 14.8 Å². The van der Waals surface area contributed by atoms with Crippen molar-refractivity contribution in [2.45, 2.75) is 29.2 Å². The minimum absolute atomic E-state index is 0.0253. The molecule has 8 heteroatoms. The normalized spacial score (nSPS) is 12.6. The lowest BCUT2D eigenvalue weighted by atomic mass is 10.1. The molecule has 0 spiro atoms. The van der Waals surface area contributed by atoms with Crippen LogP contribution in [0.15, 0.2) is 58.3 Å². The van der Waals surface area contributed by atoms with Crippen molar-refractivity contribution >= 4 is 27.7 Å². The molecule has 1 unspecified atom stereocenters. The Morgan fingerprint density at radius 1 is 1.15 bits per heavy atom. The van der Waals surface area contributed by atoms with E-state index in [0.717, 1.165) is 10.5 Å². The van der Waals surface area contributed by atoms with Gasteiger partial charge in [-0.15, -0.1) is 11.8 Å². The van der Waals surface area contributed by atoms with Gasteiger partial charge in [0.05, 0.1) is 10.9 Å². The molecule has 140 valence electrons. The maximum Gasteiger partial charge on any atom is 0.238 e. The molecule has 0 aliphatic heterocycles. The van der Waals surface area contributed by atoms with E-state index in [2.05, 4.69) is 0 Å². The Hall–Kier alpha value is -1.90. The van der Waals surface area contributed by atoms with Crippen LogP contribution in [-0.4, -0.2) is 32.0 Å². The first-order valence-electron chi connectivity index (χ1n) is 7.95. The van der Waals surface area contributed by atoms with Crippen LogP contribution in [0.1, 0.15) is 24.9 Å². The van der Waals surface area contributed by atoms with Gasteiger partial charge in [0.15, 0.2) is 0 Å². The van der Waals surface area contributed by atoms with Crippen molar-refractivity contribution in [1.82, 2.24) is 4.90 Å². The second-order valence-corrected chi connectivity index (χ2v) is 8.58. The predicted molar refractivity (Wildman–Crippen MR) is 101 cm³/mol. The van der Waals surface area contributed by atoms with Crippen LogP contribution in [0.5, 0.6) is 0 Å². The van der Waals surface area contributed by atoms with Crippen LogP contribution in [0.3, 0.4) is 0 Å². The monoisotopic (exact) mass is 396 g/mol. The number of benzene rings is 2. The van der Waals surface area contributed by atoms with Gasteiger partial charge in [-0.05, 0) is 48.9 Å². The number of carbonyl (C=O) groups excluding carboxylic acids is 1. The van der Waals surface area contributed by atoms with Gasteiger partial charge in [-0.2, -0.15) is 0 Å². The first-order valence-corrected chi connectivity index (χ1v) is 10.5. The summed E-state index contributed by atoms with van der Waals surface area (Å²) in [6, 6.07) is 12.1. The summed E-state index contributed by atoms with van der Waals surface area (Å²) in [7, 11) is -2.02. The smallest absolute Gasteiger partial charge is 0.238 e. The first-order chi connectivity index (χ1) is 12.2. The topological polar surface area (TPSA) is 80.5 Å². The van der Waals surface area contributed by atoms with Crippen molar-refractivity contribution < 1.29 is 17.6 Å². The zero-order valence-electron chi connectivity index (χ0n) is 14.6. The van der Waals surface area contributed by atoms with E-state index >= 15 is 0 Å². The second-order valence-electron chi connectivity index (χ2n) is 5.85. The van der Waals surface area contributed by atoms with E-state index in [4.69, 9.17) is 5.14 Å². The largest absolute Gasteiger partial charge is 0.339 e. The lowest BCUT2D eigenvalue weighted by Gasteiger charge is -2.25. The van der Waals surface area contributed by atoms with E-state index in [9.17, 15) is 17.6 Å². The third-order valence-corrected chi connectivity index (χ3v) is 6.01. The summed E-state index contributed by atoms with van der Waals surface area (Å²) in [4.78, 5) is 14.9.